The SMILES string of the molecule is [Cu].[LiH].[Ni].[O]=[Mn](=[O])([OH])[OH]. The second-order valence-electron chi connectivity index (χ2n) is 0.415. The van der Waals surface area contributed by atoms with E-state index in [4.69, 9.17) is 16.0 Å². The molecule has 0 aromatic rings. The number of hydrogen-bond acceptors (Lipinski definition) is 2. The van der Waals surface area contributed by atoms with Crippen molar-refractivity contribution in [2.24, 2.45) is 0 Å². The molecule has 1 radical (unpaired) electrons. The summed E-state index contributed by atoms with van der Waals surface area (Å²) in [5.41, 5.74) is 0. The van der Waals surface area contributed by atoms with Crippen LogP contribution in [0.1, 0.15) is 0 Å². The third-order valence-electron chi connectivity index (χ3n) is 0. The van der Waals surface area contributed by atoms with Crippen molar-refractivity contribution >= 4 is 18.9 Å². The van der Waals surface area contributed by atoms with Crippen molar-refractivity contribution < 1.29 is 63.0 Å². The van der Waals surface area contributed by atoms with Gasteiger partial charge in [0, 0.05) is 33.6 Å². The Morgan fingerprint density at radius 1 is 1.12 bits per heavy atom. The van der Waals surface area contributed by atoms with Gasteiger partial charge < -0.3 is 0 Å². The number of rotatable bonds is 0. The maximum absolute atomic E-state index is 8.80. The Kier molecular flexibility index (Phi) is 24.5. The van der Waals surface area contributed by atoms with E-state index in [9.17, 15) is 0 Å². The van der Waals surface area contributed by atoms with Gasteiger partial charge in [-0.3, -0.25) is 0 Å². The minimum absolute atomic E-state index is 0. The predicted molar refractivity (Wildman–Crippen MR) is 13.0 cm³/mol. The van der Waals surface area contributed by atoms with E-state index in [0.29, 0.717) is 0 Å². The molecule has 0 aliphatic carbocycles. The van der Waals surface area contributed by atoms with E-state index >= 15 is 0 Å². The van der Waals surface area contributed by atoms with Crippen molar-refractivity contribution in [1.82, 2.24) is 0 Å². The van der Waals surface area contributed by atoms with Crippen LogP contribution in [0, 0.1) is 0 Å². The van der Waals surface area contributed by atoms with Crippen LogP contribution in [-0.4, -0.2) is 27.2 Å². The van der Waals surface area contributed by atoms with Crippen LogP contribution < -0.4 is 0 Å². The Labute approximate surface area is 81.3 Å². The summed E-state index contributed by atoms with van der Waals surface area (Å²) in [4.78, 5) is 0. The Hall–Kier alpha value is 1.65. The molecule has 0 aromatic heterocycles. The Morgan fingerprint density at radius 2 is 1.12 bits per heavy atom. The first kappa shape index (κ1) is 22.6. The zero-order chi connectivity index (χ0) is 4.50. The summed E-state index contributed by atoms with van der Waals surface area (Å²) in [6, 6.07) is 0. The second kappa shape index (κ2) is 8.65. The summed E-state index contributed by atoms with van der Waals surface area (Å²) in [7, 11) is 0. The van der Waals surface area contributed by atoms with E-state index < -0.39 is 13.4 Å². The van der Waals surface area contributed by atoms with Gasteiger partial charge in [0.2, 0.25) is 0 Å². The van der Waals surface area contributed by atoms with Gasteiger partial charge in [-0.2, -0.15) is 0 Å². The summed E-state index contributed by atoms with van der Waals surface area (Å²) < 4.78 is 31.8. The summed E-state index contributed by atoms with van der Waals surface area (Å²) in [6.45, 7) is 0. The van der Waals surface area contributed by atoms with Crippen molar-refractivity contribution in [2.45, 2.75) is 0 Å². The van der Waals surface area contributed by atoms with Gasteiger partial charge in [0.05, 0.1) is 0 Å². The molecule has 56 valence electrons. The minimum atomic E-state index is -5.12. The van der Waals surface area contributed by atoms with Gasteiger partial charge in [0.15, 0.2) is 0 Å². The van der Waals surface area contributed by atoms with Gasteiger partial charge >= 0.3 is 48.3 Å². The van der Waals surface area contributed by atoms with Crippen molar-refractivity contribution in [1.29, 1.82) is 0 Å². The van der Waals surface area contributed by atoms with Crippen molar-refractivity contribution in [3.05, 3.63) is 0 Å². The van der Waals surface area contributed by atoms with E-state index in [2.05, 4.69) is 0 Å². The molecular weight excluding hydrogens is 248 g/mol. The third kappa shape index (κ3) is 124. The Balaban J connectivity index is -0.0000000267. The maximum atomic E-state index is 8.80. The molecular formula is H3CuLiMnNiO4. The zero-order valence-electron chi connectivity index (χ0n) is 2.71. The molecule has 0 saturated heterocycles. The first-order valence-electron chi connectivity index (χ1n) is 0.647. The molecule has 0 rings (SSSR count). The molecule has 0 spiro atoms. The zero-order valence-corrected chi connectivity index (χ0v) is 5.82. The molecule has 2 N–H and O–H groups in total. The van der Waals surface area contributed by atoms with Crippen LogP contribution in [0.25, 0.3) is 0 Å². The Morgan fingerprint density at radius 3 is 1.12 bits per heavy atom. The fourth-order valence-electron chi connectivity index (χ4n) is 0. The summed E-state index contributed by atoms with van der Waals surface area (Å²) in [5.74, 6) is 0. The van der Waals surface area contributed by atoms with Gasteiger partial charge in [0.1, 0.15) is 0 Å². The topological polar surface area (TPSA) is 74.6 Å². The molecule has 0 aromatic carbocycles. The molecule has 8 heavy (non-hydrogen) atoms. The van der Waals surface area contributed by atoms with Crippen LogP contribution in [-0.2, 0) is 54.6 Å². The molecule has 0 fully saturated rings. The molecule has 0 amide bonds. The van der Waals surface area contributed by atoms with Gasteiger partial charge in [-0.15, -0.1) is 0 Å². The van der Waals surface area contributed by atoms with E-state index in [1.807, 2.05) is 0 Å². The van der Waals surface area contributed by atoms with Crippen LogP contribution in [0.3, 0.4) is 0 Å². The standard InChI is InChI=1S/Cu.Li.Mn.Ni.2H2O.2O.H/h;;;;2*1H2;;;/q;;+2;;;;;;/p-2. The molecule has 0 bridgehead atoms. The average molecular weight is 251 g/mol. The molecule has 4 nitrogen and oxygen atoms in total. The molecule has 0 saturated carbocycles. The fraction of sp³-hybridized carbons (Fsp3) is 0. The Bertz CT molecular complexity index is 99.2. The van der Waals surface area contributed by atoms with Crippen LogP contribution in [0.4, 0.5) is 0 Å². The van der Waals surface area contributed by atoms with Gasteiger partial charge in [0.25, 0.3) is 0 Å². The second-order valence-corrected chi connectivity index (χ2v) is 1.71. The van der Waals surface area contributed by atoms with Crippen molar-refractivity contribution in [3.63, 3.8) is 0 Å². The molecule has 0 heterocycles. The van der Waals surface area contributed by atoms with Gasteiger partial charge in [-0.1, -0.05) is 0 Å². The van der Waals surface area contributed by atoms with Gasteiger partial charge in [-0.05, 0) is 0 Å². The van der Waals surface area contributed by atoms with E-state index in [-0.39, 0.29) is 52.4 Å². The van der Waals surface area contributed by atoms with E-state index in [1.54, 1.807) is 0 Å². The quantitative estimate of drug-likeness (QED) is 0.488. The van der Waals surface area contributed by atoms with Crippen LogP contribution in [0.5, 0.6) is 0 Å². The van der Waals surface area contributed by atoms with Crippen LogP contribution in [0.15, 0.2) is 0 Å². The van der Waals surface area contributed by atoms with Crippen molar-refractivity contribution in [3.8, 4) is 0 Å². The van der Waals surface area contributed by atoms with Crippen molar-refractivity contribution in [2.75, 3.05) is 0 Å². The first-order valence-corrected chi connectivity index (χ1v) is 2.67. The monoisotopic (exact) mass is 250 g/mol. The molecule has 0 atom stereocenters. The van der Waals surface area contributed by atoms with E-state index in [0.717, 1.165) is 0 Å². The summed E-state index contributed by atoms with van der Waals surface area (Å²) >= 11 is -5.12. The van der Waals surface area contributed by atoms with Crippen LogP contribution in [0.2, 0.25) is 0 Å². The summed E-state index contributed by atoms with van der Waals surface area (Å²) in [5, 5.41) is 0. The molecule has 0 unspecified atom stereocenters. The third-order valence-corrected chi connectivity index (χ3v) is 0. The van der Waals surface area contributed by atoms with Gasteiger partial charge in [-0.25, -0.2) is 0 Å². The summed E-state index contributed by atoms with van der Waals surface area (Å²) in [6.07, 6.45) is 0. The fourth-order valence-corrected chi connectivity index (χ4v) is 0. The average Bonchev–Trinajstić information content (AvgIpc) is 0.722. The predicted octanol–water partition coefficient (Wildman–Crippen LogP) is -2.01. The number of hydrogen-bond donors (Lipinski definition) is 2. The molecule has 8 heteroatoms. The first-order chi connectivity index (χ1) is 2.00. The van der Waals surface area contributed by atoms with E-state index in [1.165, 1.54) is 0 Å². The molecule has 0 aliphatic rings. The normalized spacial score (nSPS) is 7.25. The molecule has 0 aliphatic heterocycles. The van der Waals surface area contributed by atoms with Crippen LogP contribution >= 0.6 is 0 Å².